The first kappa shape index (κ1) is 14.5. The molecule has 106 valence electrons. The van der Waals surface area contributed by atoms with Crippen LogP contribution in [-0.2, 0) is 11.3 Å². The Morgan fingerprint density at radius 3 is 2.60 bits per heavy atom. The highest BCUT2D eigenvalue weighted by Crippen LogP contribution is 2.24. The number of aromatic nitrogens is 2. The van der Waals surface area contributed by atoms with E-state index in [0.717, 1.165) is 23.6 Å². The predicted octanol–water partition coefficient (Wildman–Crippen LogP) is 3.34. The van der Waals surface area contributed by atoms with Crippen LogP contribution >= 0.6 is 0 Å². The number of nitrogens with one attached hydrogen (secondary N) is 1. The minimum absolute atomic E-state index is 0.414. The lowest BCUT2D eigenvalue weighted by Crippen LogP contribution is -2.05. The molecular formula is C16H21N3O. The summed E-state index contributed by atoms with van der Waals surface area (Å²) in [5.74, 6) is 1.53. The van der Waals surface area contributed by atoms with Gasteiger partial charge in [0.1, 0.15) is 12.4 Å². The van der Waals surface area contributed by atoms with Crippen LogP contribution in [-0.4, -0.2) is 23.6 Å². The van der Waals surface area contributed by atoms with E-state index in [1.165, 1.54) is 11.1 Å². The van der Waals surface area contributed by atoms with Crippen LogP contribution in [0.4, 0.5) is 5.82 Å². The van der Waals surface area contributed by atoms with Gasteiger partial charge in [0, 0.05) is 25.3 Å². The molecule has 0 bridgehead atoms. The van der Waals surface area contributed by atoms with Crippen molar-refractivity contribution >= 4 is 5.82 Å². The standard InChI is InChI=1S/C16H21N3O/c1-5-17-15-9-14(18-16(19-15)10-20-4)13-7-6-11(2)8-12(13)3/h6-9H,5,10H2,1-4H3,(H,17,18,19). The van der Waals surface area contributed by atoms with Gasteiger partial charge in [-0.3, -0.25) is 0 Å². The first-order chi connectivity index (χ1) is 9.63. The van der Waals surface area contributed by atoms with E-state index < -0.39 is 0 Å². The number of aryl methyl sites for hydroxylation is 2. The maximum atomic E-state index is 5.15. The van der Waals surface area contributed by atoms with Gasteiger partial charge in [-0.2, -0.15) is 0 Å². The van der Waals surface area contributed by atoms with Crippen LogP contribution in [0.2, 0.25) is 0 Å². The normalized spacial score (nSPS) is 10.6. The summed E-state index contributed by atoms with van der Waals surface area (Å²) in [6, 6.07) is 8.37. The SMILES string of the molecule is CCNc1cc(-c2ccc(C)cc2C)nc(COC)n1. The van der Waals surface area contributed by atoms with Crippen molar-refractivity contribution in [1.29, 1.82) is 0 Å². The van der Waals surface area contributed by atoms with Gasteiger partial charge >= 0.3 is 0 Å². The van der Waals surface area contributed by atoms with Crippen molar-refractivity contribution in [2.24, 2.45) is 0 Å². The molecule has 20 heavy (non-hydrogen) atoms. The van der Waals surface area contributed by atoms with Crippen molar-refractivity contribution in [1.82, 2.24) is 9.97 Å². The molecule has 2 rings (SSSR count). The lowest BCUT2D eigenvalue weighted by atomic mass is 10.0. The second kappa shape index (κ2) is 6.48. The van der Waals surface area contributed by atoms with Crippen LogP contribution in [0.15, 0.2) is 24.3 Å². The first-order valence-corrected chi connectivity index (χ1v) is 6.82. The summed E-state index contributed by atoms with van der Waals surface area (Å²) in [6.07, 6.45) is 0. The van der Waals surface area contributed by atoms with Gasteiger partial charge in [0.05, 0.1) is 5.69 Å². The number of hydrogen-bond donors (Lipinski definition) is 1. The highest BCUT2D eigenvalue weighted by Gasteiger charge is 2.08. The van der Waals surface area contributed by atoms with Crippen LogP contribution in [0, 0.1) is 13.8 Å². The molecule has 0 saturated heterocycles. The topological polar surface area (TPSA) is 47.0 Å². The number of nitrogens with zero attached hydrogens (tertiary/aromatic N) is 2. The van der Waals surface area contributed by atoms with Gasteiger partial charge in [-0.1, -0.05) is 23.8 Å². The Bertz CT molecular complexity index is 572. The maximum Gasteiger partial charge on any atom is 0.157 e. The van der Waals surface area contributed by atoms with E-state index in [-0.39, 0.29) is 0 Å². The zero-order chi connectivity index (χ0) is 14.5. The fraction of sp³-hybridized carbons (Fsp3) is 0.375. The average molecular weight is 271 g/mol. The fourth-order valence-electron chi connectivity index (χ4n) is 2.20. The number of methoxy groups -OCH3 is 1. The fourth-order valence-corrected chi connectivity index (χ4v) is 2.20. The molecule has 0 aliphatic heterocycles. The minimum atomic E-state index is 0.414. The molecule has 1 N–H and O–H groups in total. The molecule has 4 nitrogen and oxygen atoms in total. The number of benzene rings is 1. The molecular weight excluding hydrogens is 250 g/mol. The largest absolute Gasteiger partial charge is 0.377 e. The molecule has 1 aromatic heterocycles. The van der Waals surface area contributed by atoms with E-state index in [1.54, 1.807) is 7.11 Å². The van der Waals surface area contributed by atoms with E-state index in [1.807, 2.05) is 6.07 Å². The molecule has 0 aliphatic rings. The average Bonchev–Trinajstić information content (AvgIpc) is 2.39. The number of ether oxygens (including phenoxy) is 1. The quantitative estimate of drug-likeness (QED) is 0.906. The Labute approximate surface area is 120 Å². The Morgan fingerprint density at radius 1 is 1.15 bits per heavy atom. The number of anilines is 1. The third kappa shape index (κ3) is 3.33. The molecule has 0 amide bonds. The zero-order valence-electron chi connectivity index (χ0n) is 12.5. The molecule has 1 aromatic carbocycles. The van der Waals surface area contributed by atoms with Gasteiger partial charge in [0.25, 0.3) is 0 Å². The van der Waals surface area contributed by atoms with E-state index >= 15 is 0 Å². The predicted molar refractivity (Wildman–Crippen MR) is 81.8 cm³/mol. The Hall–Kier alpha value is -1.94. The zero-order valence-corrected chi connectivity index (χ0v) is 12.5. The lowest BCUT2D eigenvalue weighted by molar-refractivity contribution is 0.178. The summed E-state index contributed by atoms with van der Waals surface area (Å²) in [5, 5.41) is 3.24. The van der Waals surface area contributed by atoms with Gasteiger partial charge in [-0.25, -0.2) is 9.97 Å². The van der Waals surface area contributed by atoms with Crippen molar-refractivity contribution in [2.75, 3.05) is 19.0 Å². The van der Waals surface area contributed by atoms with E-state index in [9.17, 15) is 0 Å². The van der Waals surface area contributed by atoms with E-state index in [4.69, 9.17) is 4.74 Å². The molecule has 0 aliphatic carbocycles. The summed E-state index contributed by atoms with van der Waals surface area (Å²) in [6.45, 7) is 7.49. The summed E-state index contributed by atoms with van der Waals surface area (Å²) >= 11 is 0. The smallest absolute Gasteiger partial charge is 0.157 e. The van der Waals surface area contributed by atoms with Crippen LogP contribution in [0.25, 0.3) is 11.3 Å². The molecule has 0 fully saturated rings. The Morgan fingerprint density at radius 2 is 1.95 bits per heavy atom. The molecule has 0 atom stereocenters. The summed E-state index contributed by atoms with van der Waals surface area (Å²) in [5.41, 5.74) is 4.54. The van der Waals surface area contributed by atoms with Gasteiger partial charge in [-0.15, -0.1) is 0 Å². The third-order valence-electron chi connectivity index (χ3n) is 3.06. The van der Waals surface area contributed by atoms with Gasteiger partial charge in [0.15, 0.2) is 5.82 Å². The van der Waals surface area contributed by atoms with Crippen LogP contribution in [0.5, 0.6) is 0 Å². The number of rotatable bonds is 5. The van der Waals surface area contributed by atoms with Gasteiger partial charge in [-0.05, 0) is 26.3 Å². The summed E-state index contributed by atoms with van der Waals surface area (Å²) in [7, 11) is 1.65. The molecule has 0 unspecified atom stereocenters. The summed E-state index contributed by atoms with van der Waals surface area (Å²) < 4.78 is 5.15. The maximum absolute atomic E-state index is 5.15. The highest BCUT2D eigenvalue weighted by atomic mass is 16.5. The Balaban J connectivity index is 2.48. The van der Waals surface area contributed by atoms with Crippen LogP contribution < -0.4 is 5.32 Å². The molecule has 0 radical (unpaired) electrons. The van der Waals surface area contributed by atoms with Gasteiger partial charge in [0.2, 0.25) is 0 Å². The molecule has 1 heterocycles. The first-order valence-electron chi connectivity index (χ1n) is 6.82. The molecule has 0 spiro atoms. The van der Waals surface area contributed by atoms with Gasteiger partial charge < -0.3 is 10.1 Å². The van der Waals surface area contributed by atoms with E-state index in [2.05, 4.69) is 54.3 Å². The van der Waals surface area contributed by atoms with Crippen molar-refractivity contribution in [3.63, 3.8) is 0 Å². The highest BCUT2D eigenvalue weighted by molar-refractivity contribution is 5.66. The molecule has 4 heteroatoms. The van der Waals surface area contributed by atoms with Crippen molar-refractivity contribution in [3.8, 4) is 11.3 Å². The minimum Gasteiger partial charge on any atom is -0.377 e. The van der Waals surface area contributed by atoms with Crippen molar-refractivity contribution < 1.29 is 4.74 Å². The second-order valence-corrected chi connectivity index (χ2v) is 4.84. The molecule has 0 saturated carbocycles. The third-order valence-corrected chi connectivity index (χ3v) is 3.06. The van der Waals surface area contributed by atoms with Crippen molar-refractivity contribution in [2.45, 2.75) is 27.4 Å². The molecule has 2 aromatic rings. The van der Waals surface area contributed by atoms with Crippen LogP contribution in [0.3, 0.4) is 0 Å². The monoisotopic (exact) mass is 271 g/mol. The second-order valence-electron chi connectivity index (χ2n) is 4.84. The van der Waals surface area contributed by atoms with Crippen LogP contribution in [0.1, 0.15) is 23.9 Å². The Kier molecular flexibility index (Phi) is 4.69. The van der Waals surface area contributed by atoms with E-state index in [0.29, 0.717) is 12.4 Å². The van der Waals surface area contributed by atoms with Crippen molar-refractivity contribution in [3.05, 3.63) is 41.2 Å². The lowest BCUT2D eigenvalue weighted by Gasteiger charge is -2.11. The number of hydrogen-bond acceptors (Lipinski definition) is 4. The summed E-state index contributed by atoms with van der Waals surface area (Å²) in [4.78, 5) is 9.03.